The van der Waals surface area contributed by atoms with E-state index in [1.54, 1.807) is 19.1 Å². The van der Waals surface area contributed by atoms with Crippen LogP contribution < -0.4 is 14.9 Å². The molecule has 0 bridgehead atoms. The fourth-order valence-corrected chi connectivity index (χ4v) is 1.91. The average molecular weight is 290 g/mol. The van der Waals surface area contributed by atoms with Crippen molar-refractivity contribution in [2.24, 2.45) is 5.10 Å². The van der Waals surface area contributed by atoms with E-state index in [0.29, 0.717) is 17.2 Å². The van der Waals surface area contributed by atoms with E-state index in [4.69, 9.17) is 9.47 Å². The number of benzene rings is 2. The number of halogens is 2. The van der Waals surface area contributed by atoms with E-state index in [1.165, 1.54) is 6.07 Å². The highest BCUT2D eigenvalue weighted by Crippen LogP contribution is 2.32. The van der Waals surface area contributed by atoms with Gasteiger partial charge in [-0.3, -0.25) is 5.43 Å². The third kappa shape index (κ3) is 2.79. The van der Waals surface area contributed by atoms with Crippen LogP contribution in [0.15, 0.2) is 41.5 Å². The van der Waals surface area contributed by atoms with Gasteiger partial charge < -0.3 is 9.47 Å². The first-order chi connectivity index (χ1) is 10.1. The van der Waals surface area contributed by atoms with E-state index in [2.05, 4.69) is 10.5 Å². The number of anilines is 1. The highest BCUT2D eigenvalue weighted by molar-refractivity contribution is 5.99. The van der Waals surface area contributed by atoms with Gasteiger partial charge in [-0.1, -0.05) is 0 Å². The molecule has 2 aromatic rings. The van der Waals surface area contributed by atoms with Gasteiger partial charge in [0, 0.05) is 11.6 Å². The lowest BCUT2D eigenvalue weighted by Crippen LogP contribution is -2.01. The van der Waals surface area contributed by atoms with Crippen molar-refractivity contribution in [1.82, 2.24) is 0 Å². The van der Waals surface area contributed by atoms with Gasteiger partial charge in [-0.25, -0.2) is 8.78 Å². The molecule has 0 unspecified atom stereocenters. The zero-order valence-electron chi connectivity index (χ0n) is 11.2. The number of hydrogen-bond donors (Lipinski definition) is 1. The molecular formula is C15H12F2N2O2. The number of rotatable bonds is 3. The Labute approximate surface area is 120 Å². The predicted molar refractivity (Wildman–Crippen MR) is 74.8 cm³/mol. The zero-order chi connectivity index (χ0) is 14.8. The molecule has 0 fully saturated rings. The van der Waals surface area contributed by atoms with Crippen molar-refractivity contribution in [3.8, 4) is 11.5 Å². The lowest BCUT2D eigenvalue weighted by Gasteiger charge is -2.05. The first-order valence-electron chi connectivity index (χ1n) is 6.29. The Bertz CT molecular complexity index is 717. The van der Waals surface area contributed by atoms with E-state index >= 15 is 0 Å². The van der Waals surface area contributed by atoms with Gasteiger partial charge in [-0.05, 0) is 37.3 Å². The van der Waals surface area contributed by atoms with E-state index < -0.39 is 11.6 Å². The molecule has 0 radical (unpaired) electrons. The summed E-state index contributed by atoms with van der Waals surface area (Å²) in [5.41, 5.74) is 4.14. The molecule has 1 heterocycles. The summed E-state index contributed by atoms with van der Waals surface area (Å²) in [7, 11) is 0. The number of nitrogens with zero attached hydrogens (tertiary/aromatic N) is 1. The normalized spacial score (nSPS) is 13.4. The molecule has 108 valence electrons. The molecule has 0 aromatic heterocycles. The monoisotopic (exact) mass is 290 g/mol. The molecule has 1 N–H and O–H groups in total. The SMILES string of the molecule is CC(=NNc1ccc(F)cc1F)c1ccc2c(c1)OCO2. The van der Waals surface area contributed by atoms with Crippen LogP contribution in [-0.4, -0.2) is 12.5 Å². The number of ether oxygens (including phenoxy) is 2. The van der Waals surface area contributed by atoms with Crippen molar-refractivity contribution < 1.29 is 18.3 Å². The fourth-order valence-electron chi connectivity index (χ4n) is 1.91. The minimum atomic E-state index is -0.697. The van der Waals surface area contributed by atoms with Crippen molar-refractivity contribution in [1.29, 1.82) is 0 Å². The van der Waals surface area contributed by atoms with Crippen LogP contribution in [-0.2, 0) is 0 Å². The summed E-state index contributed by atoms with van der Waals surface area (Å²) in [6.45, 7) is 1.97. The van der Waals surface area contributed by atoms with Crippen LogP contribution >= 0.6 is 0 Å². The minimum Gasteiger partial charge on any atom is -0.454 e. The average Bonchev–Trinajstić information content (AvgIpc) is 2.93. The second kappa shape index (κ2) is 5.40. The van der Waals surface area contributed by atoms with Gasteiger partial charge in [0.1, 0.15) is 5.82 Å². The topological polar surface area (TPSA) is 42.9 Å². The molecule has 3 rings (SSSR count). The summed E-state index contributed by atoms with van der Waals surface area (Å²) in [6.07, 6.45) is 0. The summed E-state index contributed by atoms with van der Waals surface area (Å²) >= 11 is 0. The Hall–Kier alpha value is -2.63. The molecule has 1 aliphatic heterocycles. The smallest absolute Gasteiger partial charge is 0.231 e. The Balaban J connectivity index is 1.79. The summed E-state index contributed by atoms with van der Waals surface area (Å²) in [5, 5.41) is 4.09. The van der Waals surface area contributed by atoms with Gasteiger partial charge in [0.15, 0.2) is 17.3 Å². The van der Waals surface area contributed by atoms with Crippen LogP contribution in [0.2, 0.25) is 0 Å². The lowest BCUT2D eigenvalue weighted by molar-refractivity contribution is 0.174. The third-order valence-corrected chi connectivity index (χ3v) is 3.07. The Kier molecular flexibility index (Phi) is 3.43. The van der Waals surface area contributed by atoms with Crippen LogP contribution in [0.3, 0.4) is 0 Å². The molecule has 2 aromatic carbocycles. The molecule has 0 spiro atoms. The minimum absolute atomic E-state index is 0.108. The molecule has 0 aliphatic carbocycles. The Morgan fingerprint density at radius 1 is 1.10 bits per heavy atom. The number of hydrazone groups is 1. The molecule has 4 nitrogen and oxygen atoms in total. The maximum atomic E-state index is 13.5. The number of nitrogens with one attached hydrogen (secondary N) is 1. The molecule has 0 atom stereocenters. The first kappa shape index (κ1) is 13.4. The van der Waals surface area contributed by atoms with Gasteiger partial charge in [0.2, 0.25) is 6.79 Å². The van der Waals surface area contributed by atoms with Gasteiger partial charge >= 0.3 is 0 Å². The highest BCUT2D eigenvalue weighted by Gasteiger charge is 2.14. The molecule has 21 heavy (non-hydrogen) atoms. The second-order valence-corrected chi connectivity index (χ2v) is 4.50. The molecule has 6 heteroatoms. The van der Waals surface area contributed by atoms with Crippen molar-refractivity contribution in [3.05, 3.63) is 53.6 Å². The van der Waals surface area contributed by atoms with E-state index in [-0.39, 0.29) is 12.5 Å². The van der Waals surface area contributed by atoms with Gasteiger partial charge in [0.25, 0.3) is 0 Å². The Morgan fingerprint density at radius 2 is 1.90 bits per heavy atom. The predicted octanol–water partition coefficient (Wildman–Crippen LogP) is 3.53. The maximum absolute atomic E-state index is 13.5. The standard InChI is InChI=1S/C15H12F2N2O2/c1-9(10-2-5-14-15(6-10)21-8-20-14)18-19-13-4-3-11(16)7-12(13)17/h2-7,19H,8H2,1H3. The fraction of sp³-hybridized carbons (Fsp3) is 0.133. The number of fused-ring (bicyclic) bond motifs is 1. The highest BCUT2D eigenvalue weighted by atomic mass is 19.1. The maximum Gasteiger partial charge on any atom is 0.231 e. The molecule has 0 saturated carbocycles. The van der Waals surface area contributed by atoms with Crippen molar-refractivity contribution in [2.45, 2.75) is 6.92 Å². The summed E-state index contributed by atoms with van der Waals surface area (Å²) in [5.74, 6) is 0.00543. The second-order valence-electron chi connectivity index (χ2n) is 4.50. The van der Waals surface area contributed by atoms with Gasteiger partial charge in [0.05, 0.1) is 11.4 Å². The van der Waals surface area contributed by atoms with Crippen molar-refractivity contribution >= 4 is 11.4 Å². The largest absolute Gasteiger partial charge is 0.454 e. The van der Waals surface area contributed by atoms with Crippen molar-refractivity contribution in [3.63, 3.8) is 0 Å². The lowest BCUT2D eigenvalue weighted by atomic mass is 10.1. The molecule has 0 amide bonds. The van der Waals surface area contributed by atoms with Gasteiger partial charge in [-0.15, -0.1) is 0 Å². The van der Waals surface area contributed by atoms with Gasteiger partial charge in [-0.2, -0.15) is 5.10 Å². The van der Waals surface area contributed by atoms with E-state index in [0.717, 1.165) is 17.7 Å². The van der Waals surface area contributed by atoms with Crippen LogP contribution in [0.5, 0.6) is 11.5 Å². The van der Waals surface area contributed by atoms with Crippen LogP contribution in [0.1, 0.15) is 12.5 Å². The van der Waals surface area contributed by atoms with Crippen LogP contribution in [0.25, 0.3) is 0 Å². The molecule has 0 saturated heterocycles. The zero-order valence-corrected chi connectivity index (χ0v) is 11.2. The third-order valence-electron chi connectivity index (χ3n) is 3.07. The molecule has 1 aliphatic rings. The summed E-state index contributed by atoms with van der Waals surface area (Å²) in [6, 6.07) is 8.67. The van der Waals surface area contributed by atoms with E-state index in [1.807, 2.05) is 6.07 Å². The summed E-state index contributed by atoms with van der Waals surface area (Å²) in [4.78, 5) is 0. The first-order valence-corrected chi connectivity index (χ1v) is 6.29. The quantitative estimate of drug-likeness (QED) is 0.694. The van der Waals surface area contributed by atoms with E-state index in [9.17, 15) is 8.78 Å². The van der Waals surface area contributed by atoms with Crippen LogP contribution in [0.4, 0.5) is 14.5 Å². The summed E-state index contributed by atoms with van der Waals surface area (Å²) < 4.78 is 36.8. The molecular weight excluding hydrogens is 278 g/mol. The number of hydrogen-bond acceptors (Lipinski definition) is 4. The van der Waals surface area contributed by atoms with Crippen LogP contribution in [0, 0.1) is 11.6 Å². The Morgan fingerprint density at radius 3 is 2.71 bits per heavy atom. The van der Waals surface area contributed by atoms with Crippen molar-refractivity contribution in [2.75, 3.05) is 12.2 Å².